The molecule has 0 saturated carbocycles. The molecule has 1 heterocycles. The number of nitrogens with one attached hydrogen (secondary N) is 1. The number of anilines is 1. The SMILES string of the molecule is CCCNc1ncc(C)c(SCCN(C)C)n1. The molecule has 0 bridgehead atoms. The average Bonchev–Trinajstić information content (AvgIpc) is 2.29. The Hall–Kier alpha value is -0.810. The Balaban J connectivity index is 2.56. The third-order valence-corrected chi connectivity index (χ3v) is 3.31. The molecule has 96 valence electrons. The summed E-state index contributed by atoms with van der Waals surface area (Å²) in [5.74, 6) is 1.79. The van der Waals surface area contributed by atoms with Gasteiger partial charge in [0.2, 0.25) is 5.95 Å². The molecule has 17 heavy (non-hydrogen) atoms. The van der Waals surface area contributed by atoms with Crippen LogP contribution in [0.15, 0.2) is 11.2 Å². The zero-order valence-corrected chi connectivity index (χ0v) is 12.0. The molecule has 0 aliphatic heterocycles. The summed E-state index contributed by atoms with van der Waals surface area (Å²) in [6.07, 6.45) is 2.98. The van der Waals surface area contributed by atoms with E-state index < -0.39 is 0 Å². The molecule has 4 nitrogen and oxygen atoms in total. The number of hydrogen-bond donors (Lipinski definition) is 1. The van der Waals surface area contributed by atoms with Gasteiger partial charge in [0.15, 0.2) is 0 Å². The van der Waals surface area contributed by atoms with Gasteiger partial charge in [-0.2, -0.15) is 0 Å². The minimum Gasteiger partial charge on any atom is -0.354 e. The molecule has 0 radical (unpaired) electrons. The van der Waals surface area contributed by atoms with Gasteiger partial charge < -0.3 is 10.2 Å². The normalized spacial score (nSPS) is 10.9. The van der Waals surface area contributed by atoms with Crippen LogP contribution in [0.3, 0.4) is 0 Å². The number of aryl methyl sites for hydroxylation is 1. The van der Waals surface area contributed by atoms with Gasteiger partial charge in [0.05, 0.1) is 0 Å². The summed E-state index contributed by atoms with van der Waals surface area (Å²) in [6, 6.07) is 0. The molecule has 0 amide bonds. The van der Waals surface area contributed by atoms with Crippen LogP contribution in [0.25, 0.3) is 0 Å². The maximum atomic E-state index is 4.53. The number of rotatable bonds is 7. The van der Waals surface area contributed by atoms with Crippen molar-refractivity contribution < 1.29 is 0 Å². The van der Waals surface area contributed by atoms with E-state index in [1.165, 1.54) is 0 Å². The van der Waals surface area contributed by atoms with E-state index in [4.69, 9.17) is 0 Å². The van der Waals surface area contributed by atoms with Gasteiger partial charge in [-0.15, -0.1) is 11.8 Å². The summed E-state index contributed by atoms with van der Waals surface area (Å²) in [5, 5.41) is 4.30. The quantitative estimate of drug-likeness (QED) is 0.597. The molecule has 0 aliphatic rings. The number of nitrogens with zero attached hydrogens (tertiary/aromatic N) is 3. The van der Waals surface area contributed by atoms with Crippen molar-refractivity contribution in [3.05, 3.63) is 11.8 Å². The lowest BCUT2D eigenvalue weighted by atomic mass is 10.4. The van der Waals surface area contributed by atoms with Crippen molar-refractivity contribution in [3.63, 3.8) is 0 Å². The first-order valence-corrected chi connectivity index (χ1v) is 6.97. The summed E-state index contributed by atoms with van der Waals surface area (Å²) in [5.41, 5.74) is 1.15. The van der Waals surface area contributed by atoms with Gasteiger partial charge in [-0.3, -0.25) is 0 Å². The second-order valence-corrected chi connectivity index (χ2v) is 5.34. The zero-order chi connectivity index (χ0) is 12.7. The highest BCUT2D eigenvalue weighted by atomic mass is 32.2. The molecular weight excluding hydrogens is 232 g/mol. The Morgan fingerprint density at radius 1 is 1.41 bits per heavy atom. The van der Waals surface area contributed by atoms with Gasteiger partial charge >= 0.3 is 0 Å². The van der Waals surface area contributed by atoms with Gasteiger partial charge in [-0.1, -0.05) is 6.92 Å². The Morgan fingerprint density at radius 3 is 2.82 bits per heavy atom. The molecule has 5 heteroatoms. The largest absolute Gasteiger partial charge is 0.354 e. The number of aromatic nitrogens is 2. The van der Waals surface area contributed by atoms with Crippen LogP contribution in [-0.2, 0) is 0 Å². The predicted octanol–water partition coefficient (Wildman–Crippen LogP) is 2.26. The summed E-state index contributed by atoms with van der Waals surface area (Å²) in [7, 11) is 4.17. The van der Waals surface area contributed by atoms with Crippen LogP contribution in [0.1, 0.15) is 18.9 Å². The molecule has 0 aliphatic carbocycles. The van der Waals surface area contributed by atoms with Crippen LogP contribution >= 0.6 is 11.8 Å². The van der Waals surface area contributed by atoms with Crippen molar-refractivity contribution >= 4 is 17.7 Å². The molecule has 0 spiro atoms. The van der Waals surface area contributed by atoms with E-state index in [0.717, 1.165) is 41.8 Å². The van der Waals surface area contributed by atoms with Crippen molar-refractivity contribution in [2.24, 2.45) is 0 Å². The van der Waals surface area contributed by atoms with Crippen LogP contribution < -0.4 is 5.32 Å². The Morgan fingerprint density at radius 2 is 2.18 bits per heavy atom. The lowest BCUT2D eigenvalue weighted by molar-refractivity contribution is 0.437. The smallest absolute Gasteiger partial charge is 0.223 e. The average molecular weight is 254 g/mol. The summed E-state index contributed by atoms with van der Waals surface area (Å²) in [4.78, 5) is 11.0. The number of hydrogen-bond acceptors (Lipinski definition) is 5. The second-order valence-electron chi connectivity index (χ2n) is 4.26. The standard InChI is InChI=1S/C12H22N4S/c1-5-6-13-12-14-9-10(2)11(15-12)17-8-7-16(3)4/h9H,5-8H2,1-4H3,(H,13,14,15). The Labute approximate surface area is 108 Å². The predicted molar refractivity (Wildman–Crippen MR) is 74.8 cm³/mol. The number of thioether (sulfide) groups is 1. The van der Waals surface area contributed by atoms with Crippen molar-refractivity contribution in [1.29, 1.82) is 0 Å². The van der Waals surface area contributed by atoms with E-state index in [1.807, 2.05) is 6.20 Å². The highest BCUT2D eigenvalue weighted by Gasteiger charge is 2.04. The maximum Gasteiger partial charge on any atom is 0.223 e. The van der Waals surface area contributed by atoms with Crippen LogP contribution in [-0.4, -0.2) is 47.8 Å². The molecule has 1 aromatic heterocycles. The lowest BCUT2D eigenvalue weighted by Crippen LogP contribution is -2.15. The molecule has 0 saturated heterocycles. The van der Waals surface area contributed by atoms with Crippen LogP contribution in [0.2, 0.25) is 0 Å². The molecule has 1 aromatic rings. The molecule has 1 rings (SSSR count). The van der Waals surface area contributed by atoms with Gasteiger partial charge in [0.25, 0.3) is 0 Å². The maximum absolute atomic E-state index is 4.53. The van der Waals surface area contributed by atoms with E-state index in [2.05, 4.69) is 48.1 Å². The first kappa shape index (κ1) is 14.3. The summed E-state index contributed by atoms with van der Waals surface area (Å²) in [6.45, 7) is 6.17. The summed E-state index contributed by atoms with van der Waals surface area (Å²) >= 11 is 1.79. The van der Waals surface area contributed by atoms with Gasteiger partial charge in [-0.05, 0) is 33.0 Å². The fourth-order valence-corrected chi connectivity index (χ4v) is 2.30. The second kappa shape index (κ2) is 7.50. The fourth-order valence-electron chi connectivity index (χ4n) is 1.22. The first-order valence-electron chi connectivity index (χ1n) is 5.98. The molecule has 0 aromatic carbocycles. The topological polar surface area (TPSA) is 41.1 Å². The van der Waals surface area contributed by atoms with E-state index in [0.29, 0.717) is 0 Å². The van der Waals surface area contributed by atoms with Crippen molar-refractivity contribution in [2.45, 2.75) is 25.3 Å². The molecular formula is C12H22N4S. The Bertz CT molecular complexity index is 341. The van der Waals surface area contributed by atoms with Gasteiger partial charge in [0, 0.05) is 25.0 Å². The first-order chi connectivity index (χ1) is 8.13. The zero-order valence-electron chi connectivity index (χ0n) is 11.2. The lowest BCUT2D eigenvalue weighted by Gasteiger charge is -2.10. The summed E-state index contributed by atoms with van der Waals surface area (Å²) < 4.78 is 0. The van der Waals surface area contributed by atoms with Crippen molar-refractivity contribution in [3.8, 4) is 0 Å². The highest BCUT2D eigenvalue weighted by molar-refractivity contribution is 7.99. The molecule has 0 atom stereocenters. The van der Waals surface area contributed by atoms with Gasteiger partial charge in [-0.25, -0.2) is 9.97 Å². The van der Waals surface area contributed by atoms with E-state index in [-0.39, 0.29) is 0 Å². The third-order valence-electron chi connectivity index (χ3n) is 2.24. The van der Waals surface area contributed by atoms with Gasteiger partial charge in [0.1, 0.15) is 5.03 Å². The van der Waals surface area contributed by atoms with Crippen molar-refractivity contribution in [1.82, 2.24) is 14.9 Å². The monoisotopic (exact) mass is 254 g/mol. The van der Waals surface area contributed by atoms with Crippen LogP contribution in [0.4, 0.5) is 5.95 Å². The third kappa shape index (κ3) is 5.37. The molecule has 0 fully saturated rings. The minimum absolute atomic E-state index is 0.741. The highest BCUT2D eigenvalue weighted by Crippen LogP contribution is 2.20. The Kier molecular flexibility index (Phi) is 6.29. The minimum atomic E-state index is 0.741. The van der Waals surface area contributed by atoms with Crippen molar-refractivity contribution in [2.75, 3.05) is 38.3 Å². The fraction of sp³-hybridized carbons (Fsp3) is 0.667. The van der Waals surface area contributed by atoms with Crippen LogP contribution in [0, 0.1) is 6.92 Å². The van der Waals surface area contributed by atoms with Crippen LogP contribution in [0.5, 0.6) is 0 Å². The van der Waals surface area contributed by atoms with E-state index in [1.54, 1.807) is 11.8 Å². The molecule has 1 N–H and O–H groups in total. The molecule has 0 unspecified atom stereocenters. The van der Waals surface area contributed by atoms with E-state index >= 15 is 0 Å². The van der Waals surface area contributed by atoms with E-state index in [9.17, 15) is 0 Å².